The molecule has 0 bridgehead atoms. The van der Waals surface area contributed by atoms with E-state index in [9.17, 15) is 0 Å². The van der Waals surface area contributed by atoms with Crippen LogP contribution in [-0.4, -0.2) is 20.3 Å². The summed E-state index contributed by atoms with van der Waals surface area (Å²) in [5.41, 5.74) is 9.94. The van der Waals surface area contributed by atoms with Crippen LogP contribution in [0.15, 0.2) is 42.5 Å². The van der Waals surface area contributed by atoms with Gasteiger partial charge in [-0.05, 0) is 54.6 Å². The van der Waals surface area contributed by atoms with Crippen molar-refractivity contribution in [3.8, 4) is 11.5 Å². The zero-order chi connectivity index (χ0) is 18.1. The van der Waals surface area contributed by atoms with Gasteiger partial charge in [0.2, 0.25) is 0 Å². The van der Waals surface area contributed by atoms with Crippen LogP contribution >= 0.6 is 0 Å². The molecule has 0 saturated carbocycles. The summed E-state index contributed by atoms with van der Waals surface area (Å²) in [5, 5.41) is 0. The Morgan fingerprint density at radius 2 is 1.68 bits per heavy atom. The second-order valence-electron chi connectivity index (χ2n) is 6.42. The average molecular weight is 341 g/mol. The molecule has 0 saturated heterocycles. The lowest BCUT2D eigenvalue weighted by molar-refractivity contribution is 0.288. The van der Waals surface area contributed by atoms with Gasteiger partial charge in [-0.15, -0.1) is 0 Å². The monoisotopic (exact) mass is 341 g/mol. The van der Waals surface area contributed by atoms with Gasteiger partial charge in [-0.3, -0.25) is 0 Å². The third kappa shape index (κ3) is 5.50. The van der Waals surface area contributed by atoms with E-state index in [4.69, 9.17) is 15.2 Å². The van der Waals surface area contributed by atoms with E-state index in [-0.39, 0.29) is 0 Å². The van der Waals surface area contributed by atoms with E-state index in [0.29, 0.717) is 12.5 Å². The highest BCUT2D eigenvalue weighted by atomic mass is 16.5. The molecule has 0 fully saturated rings. The quantitative estimate of drug-likeness (QED) is 0.636. The van der Waals surface area contributed by atoms with Gasteiger partial charge in [0.05, 0.1) is 13.7 Å². The number of hydrogen-bond donors (Lipinski definition) is 1. The fraction of sp³-hybridized carbons (Fsp3) is 0.455. The maximum Gasteiger partial charge on any atom is 0.161 e. The number of benzene rings is 2. The molecule has 0 radical (unpaired) electrons. The van der Waals surface area contributed by atoms with Crippen LogP contribution in [0.1, 0.15) is 49.3 Å². The van der Waals surface area contributed by atoms with E-state index in [0.717, 1.165) is 43.8 Å². The Morgan fingerprint density at radius 3 is 2.28 bits per heavy atom. The summed E-state index contributed by atoms with van der Waals surface area (Å²) in [6.45, 7) is 5.68. The Morgan fingerprint density at radius 1 is 0.960 bits per heavy atom. The van der Waals surface area contributed by atoms with Gasteiger partial charge in [0, 0.05) is 5.92 Å². The lowest BCUT2D eigenvalue weighted by Crippen LogP contribution is -2.15. The van der Waals surface area contributed by atoms with Crippen LogP contribution in [0.5, 0.6) is 11.5 Å². The van der Waals surface area contributed by atoms with Crippen LogP contribution in [0.4, 0.5) is 0 Å². The Kier molecular flexibility index (Phi) is 7.80. The second-order valence-corrected chi connectivity index (χ2v) is 6.42. The number of ether oxygens (including phenoxy) is 2. The standard InChI is InChI=1S/C22H31NO2/c1-4-6-13-25-22-15-18(9-12-21(22)24-3)14-20(16-23)19-10-7-17(5-2)8-11-19/h7-12,15,20H,4-6,13-14,16,23H2,1-3H3. The molecule has 0 aliphatic rings. The smallest absolute Gasteiger partial charge is 0.161 e. The topological polar surface area (TPSA) is 44.5 Å². The molecule has 2 aromatic rings. The normalized spacial score (nSPS) is 12.0. The molecule has 0 spiro atoms. The lowest BCUT2D eigenvalue weighted by Gasteiger charge is -2.17. The molecule has 2 rings (SSSR count). The zero-order valence-corrected chi connectivity index (χ0v) is 15.8. The Balaban J connectivity index is 2.14. The first kappa shape index (κ1) is 19.3. The highest BCUT2D eigenvalue weighted by Crippen LogP contribution is 2.30. The van der Waals surface area contributed by atoms with Crippen LogP contribution in [0.3, 0.4) is 0 Å². The fourth-order valence-corrected chi connectivity index (χ4v) is 2.93. The predicted molar refractivity (Wildman–Crippen MR) is 105 cm³/mol. The molecule has 3 nitrogen and oxygen atoms in total. The SMILES string of the molecule is CCCCOc1cc(CC(CN)c2ccc(CC)cc2)ccc1OC. The van der Waals surface area contributed by atoms with Crippen molar-refractivity contribution in [2.45, 2.75) is 45.4 Å². The highest BCUT2D eigenvalue weighted by molar-refractivity contribution is 5.43. The minimum atomic E-state index is 0.308. The second kappa shape index (κ2) is 10.1. The minimum Gasteiger partial charge on any atom is -0.493 e. The summed E-state index contributed by atoms with van der Waals surface area (Å²) < 4.78 is 11.3. The van der Waals surface area contributed by atoms with E-state index in [1.807, 2.05) is 6.07 Å². The third-order valence-corrected chi connectivity index (χ3v) is 4.61. The predicted octanol–water partition coefficient (Wildman–Crippen LogP) is 4.72. The summed E-state index contributed by atoms with van der Waals surface area (Å²) >= 11 is 0. The molecule has 0 aromatic heterocycles. The Hall–Kier alpha value is -2.00. The van der Waals surface area contributed by atoms with E-state index in [1.165, 1.54) is 16.7 Å². The molecule has 0 heterocycles. The highest BCUT2D eigenvalue weighted by Gasteiger charge is 2.13. The molecule has 0 aliphatic carbocycles. The van der Waals surface area contributed by atoms with Crippen molar-refractivity contribution in [2.75, 3.05) is 20.3 Å². The lowest BCUT2D eigenvalue weighted by atomic mass is 9.91. The van der Waals surface area contributed by atoms with Crippen LogP contribution in [0, 0.1) is 0 Å². The number of hydrogen-bond acceptors (Lipinski definition) is 3. The van der Waals surface area contributed by atoms with Crippen LogP contribution in [0.2, 0.25) is 0 Å². The van der Waals surface area contributed by atoms with Crippen molar-refractivity contribution in [3.05, 3.63) is 59.2 Å². The molecular weight excluding hydrogens is 310 g/mol. The van der Waals surface area contributed by atoms with Gasteiger partial charge in [-0.1, -0.05) is 50.6 Å². The van der Waals surface area contributed by atoms with E-state index < -0.39 is 0 Å². The number of aryl methyl sites for hydroxylation is 1. The number of methoxy groups -OCH3 is 1. The molecular formula is C22H31NO2. The van der Waals surface area contributed by atoms with Crippen molar-refractivity contribution < 1.29 is 9.47 Å². The molecule has 25 heavy (non-hydrogen) atoms. The van der Waals surface area contributed by atoms with Crippen LogP contribution in [0.25, 0.3) is 0 Å². The molecule has 1 atom stereocenters. The molecule has 0 amide bonds. The van der Waals surface area contributed by atoms with Gasteiger partial charge in [0.25, 0.3) is 0 Å². The van der Waals surface area contributed by atoms with Crippen molar-refractivity contribution in [1.82, 2.24) is 0 Å². The first-order valence-electron chi connectivity index (χ1n) is 9.30. The Labute approximate surface area is 152 Å². The summed E-state index contributed by atoms with van der Waals surface area (Å²) in [6.07, 6.45) is 4.12. The van der Waals surface area contributed by atoms with Crippen molar-refractivity contribution in [1.29, 1.82) is 0 Å². The molecule has 1 unspecified atom stereocenters. The van der Waals surface area contributed by atoms with Gasteiger partial charge in [-0.2, -0.15) is 0 Å². The van der Waals surface area contributed by atoms with E-state index in [1.54, 1.807) is 7.11 Å². The number of unbranched alkanes of at least 4 members (excludes halogenated alkanes) is 1. The fourth-order valence-electron chi connectivity index (χ4n) is 2.93. The third-order valence-electron chi connectivity index (χ3n) is 4.61. The first-order chi connectivity index (χ1) is 12.2. The summed E-state index contributed by atoms with van der Waals surface area (Å²) in [4.78, 5) is 0. The molecule has 2 N–H and O–H groups in total. The first-order valence-corrected chi connectivity index (χ1v) is 9.30. The molecule has 136 valence electrons. The largest absolute Gasteiger partial charge is 0.493 e. The van der Waals surface area contributed by atoms with Gasteiger partial charge in [-0.25, -0.2) is 0 Å². The van der Waals surface area contributed by atoms with Gasteiger partial charge >= 0.3 is 0 Å². The van der Waals surface area contributed by atoms with E-state index >= 15 is 0 Å². The maximum atomic E-state index is 6.06. The number of nitrogens with two attached hydrogens (primary N) is 1. The van der Waals surface area contributed by atoms with Crippen molar-refractivity contribution >= 4 is 0 Å². The number of rotatable bonds is 10. The maximum absolute atomic E-state index is 6.06. The van der Waals surface area contributed by atoms with Crippen LogP contribution in [-0.2, 0) is 12.8 Å². The molecule has 0 aliphatic heterocycles. The van der Waals surface area contributed by atoms with Crippen molar-refractivity contribution in [2.24, 2.45) is 5.73 Å². The zero-order valence-electron chi connectivity index (χ0n) is 15.8. The van der Waals surface area contributed by atoms with Crippen molar-refractivity contribution in [3.63, 3.8) is 0 Å². The Bertz CT molecular complexity index is 637. The van der Waals surface area contributed by atoms with Crippen LogP contribution < -0.4 is 15.2 Å². The van der Waals surface area contributed by atoms with Gasteiger partial charge in [0.1, 0.15) is 0 Å². The summed E-state index contributed by atoms with van der Waals surface area (Å²) in [5.74, 6) is 1.92. The molecule has 3 heteroatoms. The van der Waals surface area contributed by atoms with Gasteiger partial charge in [0.15, 0.2) is 11.5 Å². The van der Waals surface area contributed by atoms with E-state index in [2.05, 4.69) is 50.2 Å². The van der Waals surface area contributed by atoms with Gasteiger partial charge < -0.3 is 15.2 Å². The minimum absolute atomic E-state index is 0.308. The average Bonchev–Trinajstić information content (AvgIpc) is 2.66. The molecule has 2 aromatic carbocycles. The summed E-state index contributed by atoms with van der Waals surface area (Å²) in [7, 11) is 1.68. The summed E-state index contributed by atoms with van der Waals surface area (Å²) in [6, 6.07) is 15.0.